The van der Waals surface area contributed by atoms with Crippen LogP contribution >= 0.6 is 11.6 Å². The van der Waals surface area contributed by atoms with Crippen LogP contribution in [-0.2, 0) is 22.8 Å². The molecule has 0 atom stereocenters. The predicted octanol–water partition coefficient (Wildman–Crippen LogP) is 3.70. The monoisotopic (exact) mass is 365 g/mol. The Morgan fingerprint density at radius 1 is 1.17 bits per heavy atom. The molecular weight excluding hydrogens is 353 g/mol. The van der Waals surface area contributed by atoms with Crippen LogP contribution in [0.4, 0.5) is 4.39 Å². The van der Waals surface area contributed by atoms with Crippen LogP contribution in [0.3, 0.4) is 0 Å². The smallest absolute Gasteiger partial charge is 0.206 e. The van der Waals surface area contributed by atoms with Crippen molar-refractivity contribution in [3.05, 3.63) is 58.6 Å². The molecule has 4 rings (SSSR count). The van der Waals surface area contributed by atoms with E-state index in [1.165, 1.54) is 24.3 Å². The van der Waals surface area contributed by atoms with Gasteiger partial charge in [-0.25, -0.2) is 12.8 Å². The standard InChI is InChI=1S/C17H13ClFNO3S/c18-15-8-12(24(21,22)11-3-1-2-10(19)6-11)7-13-14-9-20-5-4-16(14)23-17(13)15/h1-3,6-8,20H,4-5,9H2. The molecule has 7 heteroatoms. The van der Waals surface area contributed by atoms with E-state index in [1.54, 1.807) is 6.07 Å². The minimum Gasteiger partial charge on any atom is -0.459 e. The largest absolute Gasteiger partial charge is 0.459 e. The van der Waals surface area contributed by atoms with Gasteiger partial charge in [0.2, 0.25) is 9.84 Å². The average molecular weight is 366 g/mol. The lowest BCUT2D eigenvalue weighted by Crippen LogP contribution is -2.22. The van der Waals surface area contributed by atoms with Crippen LogP contribution in [0.5, 0.6) is 0 Å². The lowest BCUT2D eigenvalue weighted by Gasteiger charge is -2.11. The molecule has 0 amide bonds. The first-order valence-electron chi connectivity index (χ1n) is 7.42. The summed E-state index contributed by atoms with van der Waals surface area (Å²) in [6, 6.07) is 7.84. The van der Waals surface area contributed by atoms with E-state index < -0.39 is 15.7 Å². The molecule has 2 heterocycles. The molecule has 0 saturated heterocycles. The van der Waals surface area contributed by atoms with Gasteiger partial charge in [0.05, 0.1) is 14.8 Å². The Morgan fingerprint density at radius 3 is 2.79 bits per heavy atom. The Morgan fingerprint density at radius 2 is 2.00 bits per heavy atom. The molecule has 0 unspecified atom stereocenters. The maximum Gasteiger partial charge on any atom is 0.206 e. The molecule has 0 radical (unpaired) electrons. The lowest BCUT2D eigenvalue weighted by molar-refractivity contribution is 0.500. The van der Waals surface area contributed by atoms with Crippen molar-refractivity contribution in [2.24, 2.45) is 0 Å². The van der Waals surface area contributed by atoms with Gasteiger partial charge in [0.25, 0.3) is 0 Å². The van der Waals surface area contributed by atoms with E-state index in [-0.39, 0.29) is 14.8 Å². The van der Waals surface area contributed by atoms with E-state index in [0.29, 0.717) is 17.5 Å². The fourth-order valence-corrected chi connectivity index (χ4v) is 4.63. The summed E-state index contributed by atoms with van der Waals surface area (Å²) in [4.78, 5) is -0.0758. The number of benzene rings is 2. The highest BCUT2D eigenvalue weighted by Gasteiger charge is 2.24. The third kappa shape index (κ3) is 2.42. The van der Waals surface area contributed by atoms with E-state index in [1.807, 2.05) is 0 Å². The summed E-state index contributed by atoms with van der Waals surface area (Å²) >= 11 is 6.25. The average Bonchev–Trinajstić information content (AvgIpc) is 2.94. The Labute approximate surface area is 143 Å². The van der Waals surface area contributed by atoms with Crippen LogP contribution in [0.1, 0.15) is 11.3 Å². The molecular formula is C17H13ClFNO3S. The molecule has 24 heavy (non-hydrogen) atoms. The zero-order valence-electron chi connectivity index (χ0n) is 12.5. The second kappa shape index (κ2) is 5.58. The van der Waals surface area contributed by atoms with E-state index >= 15 is 0 Å². The van der Waals surface area contributed by atoms with Gasteiger partial charge in [-0.05, 0) is 30.3 Å². The molecule has 0 spiro atoms. The minimum atomic E-state index is -3.87. The highest BCUT2D eigenvalue weighted by atomic mass is 35.5. The fraction of sp³-hybridized carbons (Fsp3) is 0.176. The number of fused-ring (bicyclic) bond motifs is 3. The molecule has 1 aromatic heterocycles. The van der Waals surface area contributed by atoms with Gasteiger partial charge in [0, 0.05) is 30.5 Å². The molecule has 4 nitrogen and oxygen atoms in total. The topological polar surface area (TPSA) is 59.3 Å². The number of sulfone groups is 1. The summed E-state index contributed by atoms with van der Waals surface area (Å²) < 4.78 is 44.8. The molecule has 3 aromatic rings. The predicted molar refractivity (Wildman–Crippen MR) is 88.5 cm³/mol. The molecule has 1 aliphatic rings. The number of halogens is 2. The zero-order valence-corrected chi connectivity index (χ0v) is 14.0. The lowest BCUT2D eigenvalue weighted by atomic mass is 10.1. The van der Waals surface area contributed by atoms with Crippen LogP contribution in [0, 0.1) is 5.82 Å². The highest BCUT2D eigenvalue weighted by Crippen LogP contribution is 2.36. The van der Waals surface area contributed by atoms with Crippen molar-refractivity contribution >= 4 is 32.4 Å². The molecule has 0 saturated carbocycles. The van der Waals surface area contributed by atoms with Gasteiger partial charge < -0.3 is 9.73 Å². The number of nitrogens with one attached hydrogen (secondary N) is 1. The number of hydrogen-bond acceptors (Lipinski definition) is 4. The summed E-state index contributed by atoms with van der Waals surface area (Å²) in [6.07, 6.45) is 0.728. The summed E-state index contributed by atoms with van der Waals surface area (Å²) in [5.74, 6) is 0.221. The van der Waals surface area contributed by atoms with E-state index in [0.717, 1.165) is 30.4 Å². The minimum absolute atomic E-state index is 0.0276. The second-order valence-electron chi connectivity index (χ2n) is 5.67. The van der Waals surface area contributed by atoms with Gasteiger partial charge >= 0.3 is 0 Å². The molecule has 1 N–H and O–H groups in total. The quantitative estimate of drug-likeness (QED) is 0.752. The van der Waals surface area contributed by atoms with Gasteiger partial charge in [0.15, 0.2) is 5.58 Å². The molecule has 0 aliphatic carbocycles. The summed E-state index contributed by atoms with van der Waals surface area (Å²) in [5, 5.41) is 4.15. The first kappa shape index (κ1) is 15.6. The molecule has 2 aromatic carbocycles. The second-order valence-corrected chi connectivity index (χ2v) is 8.03. The Hall–Kier alpha value is -1.89. The van der Waals surface area contributed by atoms with E-state index in [9.17, 15) is 12.8 Å². The maximum atomic E-state index is 13.4. The van der Waals surface area contributed by atoms with Crippen LogP contribution < -0.4 is 5.32 Å². The summed E-state index contributed by atoms with van der Waals surface area (Å²) in [6.45, 7) is 1.40. The van der Waals surface area contributed by atoms with Gasteiger partial charge in [-0.1, -0.05) is 17.7 Å². The Bertz CT molecular complexity index is 1060. The van der Waals surface area contributed by atoms with Gasteiger partial charge in [-0.2, -0.15) is 0 Å². The van der Waals surface area contributed by atoms with Gasteiger partial charge in [0.1, 0.15) is 11.6 Å². The number of furan rings is 1. The number of hydrogen-bond donors (Lipinski definition) is 1. The highest BCUT2D eigenvalue weighted by molar-refractivity contribution is 7.91. The maximum absolute atomic E-state index is 13.4. The van der Waals surface area contributed by atoms with Crippen LogP contribution in [0.25, 0.3) is 11.0 Å². The van der Waals surface area contributed by atoms with Crippen molar-refractivity contribution in [2.75, 3.05) is 6.54 Å². The zero-order chi connectivity index (χ0) is 16.9. The van der Waals surface area contributed by atoms with E-state index in [2.05, 4.69) is 5.32 Å². The first-order chi connectivity index (χ1) is 11.5. The SMILES string of the molecule is O=S(=O)(c1cccc(F)c1)c1cc(Cl)c2oc3c(c2c1)CNCC3. The van der Waals surface area contributed by atoms with Crippen molar-refractivity contribution in [1.29, 1.82) is 0 Å². The van der Waals surface area contributed by atoms with Crippen LogP contribution in [-0.4, -0.2) is 15.0 Å². The van der Waals surface area contributed by atoms with Crippen molar-refractivity contribution in [1.82, 2.24) is 5.32 Å². The molecule has 0 bridgehead atoms. The molecule has 124 valence electrons. The third-order valence-electron chi connectivity index (χ3n) is 4.15. The van der Waals surface area contributed by atoms with Gasteiger partial charge in [-0.15, -0.1) is 0 Å². The molecule has 1 aliphatic heterocycles. The normalized spacial score (nSPS) is 14.8. The van der Waals surface area contributed by atoms with Crippen molar-refractivity contribution < 1.29 is 17.2 Å². The van der Waals surface area contributed by atoms with Crippen LogP contribution in [0.2, 0.25) is 5.02 Å². The van der Waals surface area contributed by atoms with Gasteiger partial charge in [-0.3, -0.25) is 0 Å². The van der Waals surface area contributed by atoms with Crippen molar-refractivity contribution in [3.63, 3.8) is 0 Å². The summed E-state index contributed by atoms with van der Waals surface area (Å²) in [7, 11) is -3.87. The first-order valence-corrected chi connectivity index (χ1v) is 9.28. The van der Waals surface area contributed by atoms with Crippen molar-refractivity contribution in [2.45, 2.75) is 22.8 Å². The Balaban J connectivity index is 1.94. The van der Waals surface area contributed by atoms with Crippen molar-refractivity contribution in [3.8, 4) is 0 Å². The molecule has 0 fully saturated rings. The fourth-order valence-electron chi connectivity index (χ4n) is 2.97. The Kier molecular flexibility index (Phi) is 3.63. The third-order valence-corrected chi connectivity index (χ3v) is 6.16. The van der Waals surface area contributed by atoms with E-state index in [4.69, 9.17) is 16.0 Å². The summed E-state index contributed by atoms with van der Waals surface area (Å²) in [5.41, 5.74) is 1.41. The number of rotatable bonds is 2. The van der Waals surface area contributed by atoms with Crippen LogP contribution in [0.15, 0.2) is 50.6 Å².